The Kier molecular flexibility index (Phi) is 4.61. The number of ether oxygens (including phenoxy) is 2. The van der Waals surface area contributed by atoms with Crippen LogP contribution in [0, 0.1) is 6.92 Å². The zero-order chi connectivity index (χ0) is 14.0. The van der Waals surface area contributed by atoms with Gasteiger partial charge in [-0.1, -0.05) is 11.6 Å². The number of aryl methyl sites for hydroxylation is 1. The molecule has 0 fully saturated rings. The summed E-state index contributed by atoms with van der Waals surface area (Å²) in [7, 11) is 3.17. The standard InChI is InChI=1S/C14H14Cl2O2S/c1-8-4-5-19-14(8)13(16)9-6-11(17-2)12(18-3)7-10(9)15/h4-7,13H,1-3H3. The molecule has 1 atom stereocenters. The Labute approximate surface area is 126 Å². The molecule has 0 aliphatic carbocycles. The van der Waals surface area contributed by atoms with Gasteiger partial charge in [0, 0.05) is 16.0 Å². The number of hydrogen-bond acceptors (Lipinski definition) is 3. The third kappa shape index (κ3) is 2.83. The molecule has 2 aromatic rings. The predicted molar refractivity (Wildman–Crippen MR) is 81.3 cm³/mol. The van der Waals surface area contributed by atoms with E-state index in [0.29, 0.717) is 16.5 Å². The third-order valence-corrected chi connectivity index (χ3v) is 4.90. The van der Waals surface area contributed by atoms with E-state index in [1.165, 1.54) is 0 Å². The molecule has 0 amide bonds. The fourth-order valence-corrected chi connectivity index (χ4v) is 3.59. The molecule has 0 saturated carbocycles. The highest BCUT2D eigenvalue weighted by atomic mass is 35.5. The summed E-state index contributed by atoms with van der Waals surface area (Å²) in [6, 6.07) is 5.61. The Morgan fingerprint density at radius 1 is 1.16 bits per heavy atom. The van der Waals surface area contributed by atoms with Crippen LogP contribution in [0.25, 0.3) is 0 Å². The van der Waals surface area contributed by atoms with E-state index in [1.807, 2.05) is 24.4 Å². The van der Waals surface area contributed by atoms with Crippen LogP contribution in [0.1, 0.15) is 21.4 Å². The molecule has 5 heteroatoms. The van der Waals surface area contributed by atoms with Crippen LogP contribution in [0.3, 0.4) is 0 Å². The summed E-state index contributed by atoms with van der Waals surface area (Å²) in [5, 5.41) is 2.31. The highest BCUT2D eigenvalue weighted by Crippen LogP contribution is 2.42. The van der Waals surface area contributed by atoms with Crippen molar-refractivity contribution < 1.29 is 9.47 Å². The Bertz CT molecular complexity index is 581. The summed E-state index contributed by atoms with van der Waals surface area (Å²) in [6.07, 6.45) is 0. The molecular formula is C14H14Cl2O2S. The number of rotatable bonds is 4. The molecule has 0 aliphatic rings. The average molecular weight is 317 g/mol. The van der Waals surface area contributed by atoms with Crippen LogP contribution in [0.4, 0.5) is 0 Å². The van der Waals surface area contributed by atoms with Crippen LogP contribution in [0.5, 0.6) is 11.5 Å². The predicted octanol–water partition coefficient (Wildman–Crippen LogP) is 5.06. The first-order chi connectivity index (χ1) is 9.08. The van der Waals surface area contributed by atoms with Crippen molar-refractivity contribution in [3.8, 4) is 11.5 Å². The summed E-state index contributed by atoms with van der Waals surface area (Å²) in [5.41, 5.74) is 1.99. The molecule has 0 saturated heterocycles. The molecule has 2 nitrogen and oxygen atoms in total. The summed E-state index contributed by atoms with van der Waals surface area (Å²) in [4.78, 5) is 1.09. The van der Waals surface area contributed by atoms with Crippen molar-refractivity contribution in [1.29, 1.82) is 0 Å². The van der Waals surface area contributed by atoms with E-state index in [4.69, 9.17) is 32.7 Å². The minimum absolute atomic E-state index is 0.285. The lowest BCUT2D eigenvalue weighted by Crippen LogP contribution is -1.97. The quantitative estimate of drug-likeness (QED) is 0.734. The van der Waals surface area contributed by atoms with Gasteiger partial charge in [-0.15, -0.1) is 22.9 Å². The van der Waals surface area contributed by atoms with Crippen molar-refractivity contribution in [1.82, 2.24) is 0 Å². The van der Waals surface area contributed by atoms with Crippen LogP contribution in [0.2, 0.25) is 5.02 Å². The first kappa shape index (κ1) is 14.5. The normalized spacial score (nSPS) is 12.3. The van der Waals surface area contributed by atoms with Gasteiger partial charge in [0.05, 0.1) is 19.6 Å². The summed E-state index contributed by atoms with van der Waals surface area (Å²) in [6.45, 7) is 2.04. The van der Waals surface area contributed by atoms with Gasteiger partial charge in [0.25, 0.3) is 0 Å². The van der Waals surface area contributed by atoms with E-state index in [9.17, 15) is 0 Å². The maximum atomic E-state index is 6.54. The molecule has 0 radical (unpaired) electrons. The second-order valence-electron chi connectivity index (χ2n) is 4.06. The van der Waals surface area contributed by atoms with Gasteiger partial charge in [0.2, 0.25) is 0 Å². The maximum Gasteiger partial charge on any atom is 0.162 e. The second-order valence-corrected chi connectivity index (χ2v) is 5.85. The van der Waals surface area contributed by atoms with Crippen LogP contribution in [-0.4, -0.2) is 14.2 Å². The van der Waals surface area contributed by atoms with Crippen LogP contribution in [-0.2, 0) is 0 Å². The molecule has 0 bridgehead atoms. The molecule has 2 rings (SSSR count). The van der Waals surface area contributed by atoms with Gasteiger partial charge >= 0.3 is 0 Å². The first-order valence-corrected chi connectivity index (χ1v) is 7.37. The summed E-state index contributed by atoms with van der Waals surface area (Å²) in [5.74, 6) is 1.23. The lowest BCUT2D eigenvalue weighted by atomic mass is 10.1. The van der Waals surface area contributed by atoms with Crippen LogP contribution >= 0.6 is 34.5 Å². The lowest BCUT2D eigenvalue weighted by Gasteiger charge is -2.15. The molecule has 1 aromatic heterocycles. The van der Waals surface area contributed by atoms with E-state index < -0.39 is 0 Å². The monoisotopic (exact) mass is 316 g/mol. The van der Waals surface area contributed by atoms with Gasteiger partial charge in [0.15, 0.2) is 11.5 Å². The van der Waals surface area contributed by atoms with E-state index in [1.54, 1.807) is 31.6 Å². The smallest absolute Gasteiger partial charge is 0.162 e. The number of alkyl halides is 1. The minimum Gasteiger partial charge on any atom is -0.493 e. The van der Waals surface area contributed by atoms with Crippen LogP contribution < -0.4 is 9.47 Å². The Morgan fingerprint density at radius 2 is 1.79 bits per heavy atom. The van der Waals surface area contributed by atoms with E-state index in [-0.39, 0.29) is 5.38 Å². The van der Waals surface area contributed by atoms with Crippen molar-refractivity contribution >= 4 is 34.5 Å². The fourth-order valence-electron chi connectivity index (χ4n) is 1.85. The summed E-state index contributed by atoms with van der Waals surface area (Å²) < 4.78 is 10.5. The molecule has 1 aromatic carbocycles. The topological polar surface area (TPSA) is 18.5 Å². The number of methoxy groups -OCH3 is 2. The zero-order valence-electron chi connectivity index (χ0n) is 10.9. The minimum atomic E-state index is -0.285. The Morgan fingerprint density at radius 3 is 2.32 bits per heavy atom. The number of thiophene rings is 1. The highest BCUT2D eigenvalue weighted by Gasteiger charge is 2.20. The Balaban J connectivity index is 2.48. The van der Waals surface area contributed by atoms with Gasteiger partial charge in [-0.25, -0.2) is 0 Å². The fraction of sp³-hybridized carbons (Fsp3) is 0.286. The molecule has 1 heterocycles. The van der Waals surface area contributed by atoms with Crippen molar-refractivity contribution in [2.24, 2.45) is 0 Å². The van der Waals surface area contributed by atoms with Gasteiger partial charge in [0.1, 0.15) is 0 Å². The molecular weight excluding hydrogens is 303 g/mol. The molecule has 0 N–H and O–H groups in total. The summed E-state index contributed by atoms with van der Waals surface area (Å²) >= 11 is 14.4. The maximum absolute atomic E-state index is 6.54. The average Bonchev–Trinajstić information content (AvgIpc) is 2.83. The second kappa shape index (κ2) is 6.04. The molecule has 0 spiro atoms. The van der Waals surface area contributed by atoms with E-state index in [0.717, 1.165) is 16.0 Å². The first-order valence-electron chi connectivity index (χ1n) is 5.68. The van der Waals surface area contributed by atoms with Crippen LogP contribution in [0.15, 0.2) is 23.6 Å². The van der Waals surface area contributed by atoms with Gasteiger partial charge in [-0.05, 0) is 35.6 Å². The number of benzene rings is 1. The van der Waals surface area contributed by atoms with Gasteiger partial charge in [-0.2, -0.15) is 0 Å². The Hall–Kier alpha value is -0.900. The SMILES string of the molecule is COc1cc(Cl)c(C(Cl)c2sccc2C)cc1OC. The third-order valence-electron chi connectivity index (χ3n) is 2.91. The van der Waals surface area contributed by atoms with Crippen molar-refractivity contribution in [2.75, 3.05) is 14.2 Å². The molecule has 0 aliphatic heterocycles. The highest BCUT2D eigenvalue weighted by molar-refractivity contribution is 7.10. The largest absolute Gasteiger partial charge is 0.493 e. The van der Waals surface area contributed by atoms with E-state index >= 15 is 0 Å². The zero-order valence-corrected chi connectivity index (χ0v) is 13.2. The molecule has 1 unspecified atom stereocenters. The van der Waals surface area contributed by atoms with Gasteiger partial charge < -0.3 is 9.47 Å². The van der Waals surface area contributed by atoms with Crippen molar-refractivity contribution in [3.05, 3.63) is 44.6 Å². The molecule has 102 valence electrons. The van der Waals surface area contributed by atoms with E-state index in [2.05, 4.69) is 0 Å². The van der Waals surface area contributed by atoms with Crippen molar-refractivity contribution in [2.45, 2.75) is 12.3 Å². The van der Waals surface area contributed by atoms with Gasteiger partial charge in [-0.3, -0.25) is 0 Å². The number of halogens is 2. The molecule has 19 heavy (non-hydrogen) atoms. The van der Waals surface area contributed by atoms with Crippen molar-refractivity contribution in [3.63, 3.8) is 0 Å². The lowest BCUT2D eigenvalue weighted by molar-refractivity contribution is 0.354. The number of hydrogen-bond donors (Lipinski definition) is 0.